The zero-order valence-electron chi connectivity index (χ0n) is 13.2. The maximum absolute atomic E-state index is 13.5. The molecule has 1 aromatic heterocycles. The topological polar surface area (TPSA) is 28.2 Å². The van der Waals surface area contributed by atoms with Crippen LogP contribution in [0.1, 0.15) is 40.2 Å². The minimum absolute atomic E-state index is 0.106. The van der Waals surface area contributed by atoms with E-state index in [9.17, 15) is 4.39 Å². The predicted octanol–water partition coefficient (Wildman–Crippen LogP) is 3.51. The Labute approximate surface area is 121 Å². The lowest BCUT2D eigenvalue weighted by molar-refractivity contribution is 0.509. The van der Waals surface area contributed by atoms with Crippen LogP contribution in [0.2, 0.25) is 0 Å². The smallest absolute Gasteiger partial charge is 0.141 e. The zero-order valence-corrected chi connectivity index (χ0v) is 13.2. The average molecular weight is 279 g/mol. The van der Waals surface area contributed by atoms with Gasteiger partial charge in [0.25, 0.3) is 0 Å². The molecule has 112 valence electrons. The van der Waals surface area contributed by atoms with Gasteiger partial charge in [-0.2, -0.15) is 0 Å². The first-order valence-electron chi connectivity index (χ1n) is 7.02. The molecule has 1 rings (SSSR count). The fraction of sp³-hybridized carbons (Fsp3) is 0.562. The van der Waals surface area contributed by atoms with Crippen molar-refractivity contribution in [3.8, 4) is 0 Å². The third-order valence-electron chi connectivity index (χ3n) is 2.99. The fourth-order valence-corrected chi connectivity index (χ4v) is 1.97. The highest BCUT2D eigenvalue weighted by Crippen LogP contribution is 2.26. The van der Waals surface area contributed by atoms with Gasteiger partial charge in [0.1, 0.15) is 11.6 Å². The van der Waals surface area contributed by atoms with Gasteiger partial charge in [-0.05, 0) is 26.8 Å². The molecule has 0 atom stereocenters. The second kappa shape index (κ2) is 6.84. The summed E-state index contributed by atoms with van der Waals surface area (Å²) in [6.07, 6.45) is 3.12. The molecule has 1 aromatic rings. The van der Waals surface area contributed by atoms with E-state index in [1.807, 2.05) is 6.08 Å². The van der Waals surface area contributed by atoms with E-state index in [1.54, 1.807) is 6.07 Å². The Morgan fingerprint density at radius 3 is 2.60 bits per heavy atom. The van der Waals surface area contributed by atoms with Crippen molar-refractivity contribution in [1.29, 1.82) is 0 Å². The van der Waals surface area contributed by atoms with Gasteiger partial charge in [0.2, 0.25) is 0 Å². The van der Waals surface area contributed by atoms with E-state index >= 15 is 0 Å². The van der Waals surface area contributed by atoms with E-state index in [1.165, 1.54) is 6.20 Å². The summed E-state index contributed by atoms with van der Waals surface area (Å²) in [6.45, 7) is 15.5. The van der Waals surface area contributed by atoms with Gasteiger partial charge in [-0.15, -0.1) is 6.58 Å². The predicted molar refractivity (Wildman–Crippen MR) is 83.5 cm³/mol. The van der Waals surface area contributed by atoms with Crippen molar-refractivity contribution in [1.82, 2.24) is 10.3 Å². The highest BCUT2D eigenvalue weighted by molar-refractivity contribution is 5.49. The molecule has 0 spiro atoms. The monoisotopic (exact) mass is 279 g/mol. The highest BCUT2D eigenvalue weighted by Gasteiger charge is 2.24. The Morgan fingerprint density at radius 2 is 2.10 bits per heavy atom. The molecule has 20 heavy (non-hydrogen) atoms. The maximum Gasteiger partial charge on any atom is 0.141 e. The van der Waals surface area contributed by atoms with Crippen molar-refractivity contribution >= 4 is 5.82 Å². The molecule has 3 nitrogen and oxygen atoms in total. The van der Waals surface area contributed by atoms with Gasteiger partial charge in [0, 0.05) is 30.2 Å². The summed E-state index contributed by atoms with van der Waals surface area (Å²) in [7, 11) is 0. The standard InChI is InChI=1S/C16H26FN3/c1-7-8-20(16(4,5)6)15-13(10-18-12(2)3)9-14(17)11-19-15/h7,9,11-12,18H,1,8,10H2,2-6H3. The molecule has 1 N–H and O–H groups in total. The first-order valence-corrected chi connectivity index (χ1v) is 7.02. The Bertz CT molecular complexity index is 450. The number of rotatable bonds is 6. The second-order valence-corrected chi connectivity index (χ2v) is 6.24. The van der Waals surface area contributed by atoms with Crippen molar-refractivity contribution in [3.05, 3.63) is 36.3 Å². The van der Waals surface area contributed by atoms with Crippen LogP contribution in [-0.4, -0.2) is 23.1 Å². The van der Waals surface area contributed by atoms with Gasteiger partial charge >= 0.3 is 0 Å². The number of anilines is 1. The zero-order chi connectivity index (χ0) is 15.3. The molecular formula is C16H26FN3. The Hall–Kier alpha value is -1.42. The molecule has 0 fully saturated rings. The largest absolute Gasteiger partial charge is 0.348 e. The summed E-state index contributed by atoms with van der Waals surface area (Å²) in [5, 5.41) is 3.32. The van der Waals surface area contributed by atoms with Crippen LogP contribution in [0.25, 0.3) is 0 Å². The lowest BCUT2D eigenvalue weighted by Gasteiger charge is -2.37. The van der Waals surface area contributed by atoms with Crippen LogP contribution in [0, 0.1) is 5.82 Å². The van der Waals surface area contributed by atoms with Gasteiger partial charge in [-0.3, -0.25) is 0 Å². The van der Waals surface area contributed by atoms with Crippen LogP contribution in [-0.2, 0) is 6.54 Å². The van der Waals surface area contributed by atoms with E-state index in [-0.39, 0.29) is 11.4 Å². The number of nitrogens with one attached hydrogen (secondary N) is 1. The van der Waals surface area contributed by atoms with E-state index in [0.29, 0.717) is 19.1 Å². The van der Waals surface area contributed by atoms with Crippen molar-refractivity contribution < 1.29 is 4.39 Å². The summed E-state index contributed by atoms with van der Waals surface area (Å²) < 4.78 is 13.5. The minimum atomic E-state index is -0.304. The maximum atomic E-state index is 13.5. The summed E-state index contributed by atoms with van der Waals surface area (Å²) >= 11 is 0. The number of pyridine rings is 1. The third-order valence-corrected chi connectivity index (χ3v) is 2.99. The molecule has 0 bridgehead atoms. The SMILES string of the molecule is C=CCN(c1ncc(F)cc1CNC(C)C)C(C)(C)C. The quantitative estimate of drug-likeness (QED) is 0.808. The summed E-state index contributed by atoms with van der Waals surface area (Å²) in [5.74, 6) is 0.508. The number of hydrogen-bond donors (Lipinski definition) is 1. The molecule has 0 unspecified atom stereocenters. The van der Waals surface area contributed by atoms with Crippen LogP contribution >= 0.6 is 0 Å². The van der Waals surface area contributed by atoms with E-state index in [4.69, 9.17) is 0 Å². The number of nitrogens with zero attached hydrogens (tertiary/aromatic N) is 2. The summed E-state index contributed by atoms with van der Waals surface area (Å²) in [5.41, 5.74) is 0.765. The van der Waals surface area contributed by atoms with Crippen LogP contribution in [0.5, 0.6) is 0 Å². The van der Waals surface area contributed by atoms with Crippen molar-refractivity contribution in [2.75, 3.05) is 11.4 Å². The molecule has 0 aromatic carbocycles. The van der Waals surface area contributed by atoms with E-state index in [2.05, 4.69) is 56.4 Å². The normalized spacial score (nSPS) is 11.8. The van der Waals surface area contributed by atoms with Crippen molar-refractivity contribution in [2.45, 2.75) is 52.7 Å². The van der Waals surface area contributed by atoms with Gasteiger partial charge in [0.05, 0.1) is 6.20 Å². The molecule has 4 heteroatoms. The first kappa shape index (κ1) is 16.6. The van der Waals surface area contributed by atoms with Crippen LogP contribution in [0.15, 0.2) is 24.9 Å². The number of hydrogen-bond acceptors (Lipinski definition) is 3. The van der Waals surface area contributed by atoms with Gasteiger partial charge < -0.3 is 10.2 Å². The van der Waals surface area contributed by atoms with Gasteiger partial charge in [-0.1, -0.05) is 19.9 Å². The minimum Gasteiger partial charge on any atom is -0.348 e. The Kier molecular flexibility index (Phi) is 5.69. The highest BCUT2D eigenvalue weighted by atomic mass is 19.1. The van der Waals surface area contributed by atoms with Crippen LogP contribution in [0.4, 0.5) is 10.2 Å². The number of aromatic nitrogens is 1. The molecule has 0 amide bonds. The molecule has 0 saturated heterocycles. The second-order valence-electron chi connectivity index (χ2n) is 6.24. The molecule has 0 aliphatic rings. The Balaban J connectivity index is 3.16. The first-order chi connectivity index (χ1) is 9.25. The molecule has 0 aliphatic carbocycles. The molecule has 1 heterocycles. The average Bonchev–Trinajstić information content (AvgIpc) is 2.33. The third kappa shape index (κ3) is 4.60. The molecular weight excluding hydrogens is 253 g/mol. The summed E-state index contributed by atoms with van der Waals surface area (Å²) in [6, 6.07) is 1.90. The lowest BCUT2D eigenvalue weighted by Crippen LogP contribution is -2.43. The number of halogens is 1. The van der Waals surface area contributed by atoms with Crippen molar-refractivity contribution in [2.24, 2.45) is 0 Å². The summed E-state index contributed by atoms with van der Waals surface area (Å²) in [4.78, 5) is 6.44. The van der Waals surface area contributed by atoms with Crippen LogP contribution in [0.3, 0.4) is 0 Å². The van der Waals surface area contributed by atoms with Crippen LogP contribution < -0.4 is 10.2 Å². The fourth-order valence-electron chi connectivity index (χ4n) is 1.97. The van der Waals surface area contributed by atoms with E-state index in [0.717, 1.165) is 11.4 Å². The molecule has 0 aliphatic heterocycles. The Morgan fingerprint density at radius 1 is 1.45 bits per heavy atom. The van der Waals surface area contributed by atoms with Crippen molar-refractivity contribution in [3.63, 3.8) is 0 Å². The van der Waals surface area contributed by atoms with E-state index < -0.39 is 0 Å². The molecule has 0 radical (unpaired) electrons. The van der Waals surface area contributed by atoms with Gasteiger partial charge in [0.15, 0.2) is 0 Å². The molecule has 0 saturated carbocycles. The lowest BCUT2D eigenvalue weighted by atomic mass is 10.0. The van der Waals surface area contributed by atoms with Gasteiger partial charge in [-0.25, -0.2) is 9.37 Å².